The topological polar surface area (TPSA) is 113 Å². The average molecular weight is 349 g/mol. The van der Waals surface area contributed by atoms with Gasteiger partial charge in [0.15, 0.2) is 0 Å². The van der Waals surface area contributed by atoms with Gasteiger partial charge in [-0.25, -0.2) is 4.98 Å². The molecule has 0 bridgehead atoms. The monoisotopic (exact) mass is 349 g/mol. The zero-order chi connectivity index (χ0) is 18.1. The van der Waals surface area contributed by atoms with Crippen molar-refractivity contribution in [2.45, 2.75) is 0 Å². The van der Waals surface area contributed by atoms with E-state index in [0.717, 1.165) is 0 Å². The number of ether oxygens (including phenoxy) is 3. The molecule has 0 aromatic carbocycles. The standard InChI is InChI=1S/C15H19N5O5/c1-23-8-6-19(7-9-24-2)14-13(20(21)22)15(18-11-17-14)25-12-4-3-5-16-10-12/h3-5,10-11H,6-9H2,1-2H3. The van der Waals surface area contributed by atoms with Gasteiger partial charge in [-0.05, 0) is 12.1 Å². The molecule has 10 nitrogen and oxygen atoms in total. The fraction of sp³-hybridized carbons (Fsp3) is 0.400. The molecule has 0 spiro atoms. The summed E-state index contributed by atoms with van der Waals surface area (Å²) < 4.78 is 15.7. The molecule has 2 heterocycles. The Morgan fingerprint density at radius 1 is 1.20 bits per heavy atom. The highest BCUT2D eigenvalue weighted by Crippen LogP contribution is 2.35. The van der Waals surface area contributed by atoms with Crippen molar-refractivity contribution in [3.05, 3.63) is 41.0 Å². The summed E-state index contributed by atoms with van der Waals surface area (Å²) >= 11 is 0. The number of methoxy groups -OCH3 is 2. The Kier molecular flexibility index (Phi) is 6.99. The fourth-order valence-corrected chi connectivity index (χ4v) is 2.07. The van der Waals surface area contributed by atoms with Crippen LogP contribution in [0.15, 0.2) is 30.9 Å². The smallest absolute Gasteiger partial charge is 0.373 e. The molecular weight excluding hydrogens is 330 g/mol. The third-order valence-electron chi connectivity index (χ3n) is 3.23. The number of rotatable bonds is 10. The van der Waals surface area contributed by atoms with Crippen LogP contribution in [0.25, 0.3) is 0 Å². The largest absolute Gasteiger partial charge is 0.432 e. The number of nitrogens with zero attached hydrogens (tertiary/aromatic N) is 5. The van der Waals surface area contributed by atoms with Crippen molar-refractivity contribution in [3.8, 4) is 11.6 Å². The average Bonchev–Trinajstić information content (AvgIpc) is 2.62. The van der Waals surface area contributed by atoms with Gasteiger partial charge in [0.25, 0.3) is 0 Å². The Hall–Kier alpha value is -2.85. The Morgan fingerprint density at radius 3 is 2.48 bits per heavy atom. The fourth-order valence-electron chi connectivity index (χ4n) is 2.07. The highest BCUT2D eigenvalue weighted by Gasteiger charge is 2.28. The van der Waals surface area contributed by atoms with E-state index in [-0.39, 0.29) is 17.4 Å². The summed E-state index contributed by atoms with van der Waals surface area (Å²) in [5.41, 5.74) is -0.321. The van der Waals surface area contributed by atoms with Crippen LogP contribution in [0, 0.1) is 10.1 Å². The third-order valence-corrected chi connectivity index (χ3v) is 3.23. The first-order chi connectivity index (χ1) is 12.2. The number of aromatic nitrogens is 3. The van der Waals surface area contributed by atoms with Crippen LogP contribution in [0.1, 0.15) is 0 Å². The predicted octanol–water partition coefficient (Wildman–Crippen LogP) is 1.67. The molecule has 0 amide bonds. The van der Waals surface area contributed by atoms with Gasteiger partial charge in [-0.1, -0.05) is 0 Å². The van der Waals surface area contributed by atoms with E-state index in [9.17, 15) is 10.1 Å². The van der Waals surface area contributed by atoms with E-state index in [2.05, 4.69) is 15.0 Å². The minimum Gasteiger partial charge on any atom is -0.432 e. The van der Waals surface area contributed by atoms with E-state index in [4.69, 9.17) is 14.2 Å². The second-order valence-corrected chi connectivity index (χ2v) is 4.87. The van der Waals surface area contributed by atoms with Crippen LogP contribution >= 0.6 is 0 Å². The van der Waals surface area contributed by atoms with Gasteiger partial charge in [0, 0.05) is 33.5 Å². The van der Waals surface area contributed by atoms with Gasteiger partial charge >= 0.3 is 11.6 Å². The second-order valence-electron chi connectivity index (χ2n) is 4.87. The maximum atomic E-state index is 11.6. The molecule has 0 saturated carbocycles. The number of nitro groups is 1. The molecule has 0 radical (unpaired) electrons. The summed E-state index contributed by atoms with van der Waals surface area (Å²) in [7, 11) is 3.11. The lowest BCUT2D eigenvalue weighted by molar-refractivity contribution is -0.385. The molecule has 2 aromatic rings. The summed E-state index contributed by atoms with van der Waals surface area (Å²) in [4.78, 5) is 24.7. The maximum Gasteiger partial charge on any atom is 0.373 e. The number of pyridine rings is 1. The van der Waals surface area contributed by atoms with Gasteiger partial charge in [-0.15, -0.1) is 0 Å². The van der Waals surface area contributed by atoms with E-state index in [0.29, 0.717) is 32.1 Å². The molecule has 2 aromatic heterocycles. The van der Waals surface area contributed by atoms with Gasteiger partial charge in [-0.2, -0.15) is 4.98 Å². The molecule has 0 saturated heterocycles. The number of anilines is 1. The molecule has 134 valence electrons. The van der Waals surface area contributed by atoms with E-state index in [1.54, 1.807) is 37.4 Å². The van der Waals surface area contributed by atoms with E-state index >= 15 is 0 Å². The first-order valence-electron chi connectivity index (χ1n) is 7.47. The molecule has 0 fully saturated rings. The molecule has 25 heavy (non-hydrogen) atoms. The molecule has 0 N–H and O–H groups in total. The lowest BCUT2D eigenvalue weighted by atomic mass is 10.3. The van der Waals surface area contributed by atoms with Crippen LogP contribution in [0.2, 0.25) is 0 Å². The van der Waals surface area contributed by atoms with Gasteiger partial charge in [0.05, 0.1) is 24.3 Å². The number of hydrogen-bond acceptors (Lipinski definition) is 9. The SMILES string of the molecule is COCCN(CCOC)c1ncnc(Oc2cccnc2)c1[N+](=O)[O-]. The summed E-state index contributed by atoms with van der Waals surface area (Å²) in [5.74, 6) is 0.339. The molecule has 0 aliphatic rings. The summed E-state index contributed by atoms with van der Waals surface area (Å²) in [6.07, 6.45) is 4.24. The molecule has 0 unspecified atom stereocenters. The van der Waals surface area contributed by atoms with Crippen molar-refractivity contribution in [2.24, 2.45) is 0 Å². The highest BCUT2D eigenvalue weighted by atomic mass is 16.6. The normalized spacial score (nSPS) is 10.5. The molecule has 0 atom stereocenters. The summed E-state index contributed by atoms with van der Waals surface area (Å²) in [6.45, 7) is 1.57. The lowest BCUT2D eigenvalue weighted by Crippen LogP contribution is -2.32. The van der Waals surface area contributed by atoms with Gasteiger partial charge in [0.2, 0.25) is 5.82 Å². The Balaban J connectivity index is 2.38. The van der Waals surface area contributed by atoms with Gasteiger partial charge in [-0.3, -0.25) is 15.1 Å². The molecule has 0 aliphatic heterocycles. The highest BCUT2D eigenvalue weighted by molar-refractivity contribution is 5.63. The zero-order valence-electron chi connectivity index (χ0n) is 14.0. The zero-order valence-corrected chi connectivity index (χ0v) is 14.0. The van der Waals surface area contributed by atoms with Crippen LogP contribution in [-0.2, 0) is 9.47 Å². The predicted molar refractivity (Wildman–Crippen MR) is 89.0 cm³/mol. The third kappa shape index (κ3) is 5.06. The van der Waals surface area contributed by atoms with Crippen molar-refractivity contribution in [3.63, 3.8) is 0 Å². The number of hydrogen-bond donors (Lipinski definition) is 0. The van der Waals surface area contributed by atoms with Crippen LogP contribution in [0.4, 0.5) is 11.5 Å². The van der Waals surface area contributed by atoms with Crippen LogP contribution < -0.4 is 9.64 Å². The minimum absolute atomic E-state index is 0.146. The van der Waals surface area contributed by atoms with Crippen molar-refractivity contribution in [1.82, 2.24) is 15.0 Å². The Labute approximate surface area is 144 Å². The second kappa shape index (κ2) is 9.45. The summed E-state index contributed by atoms with van der Waals surface area (Å²) in [6, 6.07) is 3.29. The molecular formula is C15H19N5O5. The minimum atomic E-state index is -0.562. The van der Waals surface area contributed by atoms with Crippen LogP contribution in [0.5, 0.6) is 11.6 Å². The van der Waals surface area contributed by atoms with Gasteiger partial charge in [0.1, 0.15) is 12.1 Å². The maximum absolute atomic E-state index is 11.6. The van der Waals surface area contributed by atoms with Crippen molar-refractivity contribution in [2.75, 3.05) is 45.4 Å². The molecule has 2 rings (SSSR count). The van der Waals surface area contributed by atoms with E-state index in [1.807, 2.05) is 0 Å². The molecule has 10 heteroatoms. The Morgan fingerprint density at radius 2 is 1.92 bits per heavy atom. The van der Waals surface area contributed by atoms with Crippen molar-refractivity contribution in [1.29, 1.82) is 0 Å². The van der Waals surface area contributed by atoms with Gasteiger partial charge < -0.3 is 19.1 Å². The van der Waals surface area contributed by atoms with E-state index < -0.39 is 4.92 Å². The summed E-state index contributed by atoms with van der Waals surface area (Å²) in [5, 5.41) is 11.6. The van der Waals surface area contributed by atoms with Crippen LogP contribution in [0.3, 0.4) is 0 Å². The van der Waals surface area contributed by atoms with E-state index in [1.165, 1.54) is 12.5 Å². The Bertz CT molecular complexity index is 677. The van der Waals surface area contributed by atoms with Crippen molar-refractivity contribution < 1.29 is 19.1 Å². The van der Waals surface area contributed by atoms with Crippen LogP contribution in [-0.4, -0.2) is 60.4 Å². The molecule has 0 aliphatic carbocycles. The first kappa shape index (κ1) is 18.5. The lowest BCUT2D eigenvalue weighted by Gasteiger charge is -2.22. The quantitative estimate of drug-likeness (QED) is 0.467. The van der Waals surface area contributed by atoms with Crippen molar-refractivity contribution >= 4 is 11.5 Å². The first-order valence-corrected chi connectivity index (χ1v) is 7.47.